The van der Waals surface area contributed by atoms with E-state index in [9.17, 15) is 14.0 Å². The van der Waals surface area contributed by atoms with Crippen LogP contribution in [0.3, 0.4) is 0 Å². The molecule has 1 aromatic carbocycles. The fourth-order valence-electron chi connectivity index (χ4n) is 3.68. The lowest BCUT2D eigenvalue weighted by Crippen LogP contribution is -2.62. The molecule has 3 heterocycles. The summed E-state index contributed by atoms with van der Waals surface area (Å²) in [5.41, 5.74) is 0.111. The summed E-state index contributed by atoms with van der Waals surface area (Å²) < 4.78 is 19.5. The van der Waals surface area contributed by atoms with Crippen molar-refractivity contribution in [2.45, 2.75) is 18.4 Å². The molecule has 140 valence electrons. The number of rotatable bonds is 2. The van der Waals surface area contributed by atoms with Gasteiger partial charge >= 0.3 is 0 Å². The Morgan fingerprint density at radius 3 is 2.93 bits per heavy atom. The molecule has 0 bridgehead atoms. The Hall–Kier alpha value is -2.87. The van der Waals surface area contributed by atoms with Gasteiger partial charge in [-0.2, -0.15) is 0 Å². The van der Waals surface area contributed by atoms with Crippen molar-refractivity contribution in [2.24, 2.45) is 0 Å². The molecule has 0 saturated carbocycles. The van der Waals surface area contributed by atoms with Gasteiger partial charge in [-0.15, -0.1) is 0 Å². The lowest BCUT2D eigenvalue weighted by molar-refractivity contribution is -0.144. The largest absolute Gasteiger partial charge is 0.361 e. The van der Waals surface area contributed by atoms with Gasteiger partial charge in [0.2, 0.25) is 0 Å². The lowest BCUT2D eigenvalue weighted by Gasteiger charge is -2.47. The zero-order chi connectivity index (χ0) is 18.9. The number of likely N-dealkylation sites (tertiary alicyclic amines) is 1. The summed E-state index contributed by atoms with van der Waals surface area (Å²) in [4.78, 5) is 36.3. The van der Waals surface area contributed by atoms with E-state index in [0.717, 1.165) is 12.8 Å². The molecule has 27 heavy (non-hydrogen) atoms. The van der Waals surface area contributed by atoms with Gasteiger partial charge in [-0.25, -0.2) is 9.37 Å². The van der Waals surface area contributed by atoms with Crippen molar-refractivity contribution in [3.8, 4) is 0 Å². The minimum Gasteiger partial charge on any atom is -0.361 e. The van der Waals surface area contributed by atoms with E-state index in [1.165, 1.54) is 30.7 Å². The second-order valence-electron chi connectivity index (χ2n) is 6.85. The molecule has 8 heteroatoms. The standard InChI is InChI=1S/C19H19FN4O3/c20-14-3-1-4-15(9-14)24-13-19(27-11-17(24)25)5-2-8-23(12-19)18(26)16-10-21-6-7-22-16/h1,3-4,6-7,9-10H,2,5,8,11-13H2. The fourth-order valence-corrected chi connectivity index (χ4v) is 3.68. The third kappa shape index (κ3) is 3.52. The zero-order valence-corrected chi connectivity index (χ0v) is 14.7. The van der Waals surface area contributed by atoms with Crippen LogP contribution < -0.4 is 4.90 Å². The van der Waals surface area contributed by atoms with Crippen molar-refractivity contribution in [3.05, 3.63) is 54.4 Å². The first kappa shape index (κ1) is 17.5. The number of carbonyl (C=O) groups excluding carboxylic acids is 2. The van der Waals surface area contributed by atoms with E-state index < -0.39 is 11.4 Å². The van der Waals surface area contributed by atoms with E-state index in [4.69, 9.17) is 4.74 Å². The molecule has 2 fully saturated rings. The van der Waals surface area contributed by atoms with E-state index in [1.807, 2.05) is 0 Å². The highest BCUT2D eigenvalue weighted by molar-refractivity contribution is 5.95. The molecule has 0 radical (unpaired) electrons. The maximum absolute atomic E-state index is 13.6. The van der Waals surface area contributed by atoms with Crippen LogP contribution in [0.25, 0.3) is 0 Å². The van der Waals surface area contributed by atoms with Gasteiger partial charge < -0.3 is 14.5 Å². The van der Waals surface area contributed by atoms with Crippen LogP contribution in [0.2, 0.25) is 0 Å². The summed E-state index contributed by atoms with van der Waals surface area (Å²) >= 11 is 0. The number of anilines is 1. The van der Waals surface area contributed by atoms with Gasteiger partial charge in [-0.1, -0.05) is 6.07 Å². The van der Waals surface area contributed by atoms with E-state index in [2.05, 4.69) is 9.97 Å². The second kappa shape index (κ2) is 7.03. The average Bonchev–Trinajstić information content (AvgIpc) is 2.70. The Morgan fingerprint density at radius 1 is 1.26 bits per heavy atom. The van der Waals surface area contributed by atoms with Crippen LogP contribution in [-0.2, 0) is 9.53 Å². The highest BCUT2D eigenvalue weighted by atomic mass is 19.1. The molecule has 1 aromatic heterocycles. The third-order valence-electron chi connectivity index (χ3n) is 4.98. The van der Waals surface area contributed by atoms with Gasteiger partial charge in [0.1, 0.15) is 23.7 Å². The fraction of sp³-hybridized carbons (Fsp3) is 0.368. The molecule has 2 aliphatic rings. The number of nitrogens with zero attached hydrogens (tertiary/aromatic N) is 4. The minimum absolute atomic E-state index is 0.0936. The number of hydrogen-bond donors (Lipinski definition) is 0. The third-order valence-corrected chi connectivity index (χ3v) is 4.98. The number of benzene rings is 1. The van der Waals surface area contributed by atoms with Gasteiger partial charge in [-0.05, 0) is 31.0 Å². The van der Waals surface area contributed by atoms with E-state index in [-0.39, 0.29) is 30.7 Å². The number of hydrogen-bond acceptors (Lipinski definition) is 5. The van der Waals surface area contributed by atoms with Crippen LogP contribution in [-0.4, -0.2) is 58.5 Å². The van der Waals surface area contributed by atoms with Crippen molar-refractivity contribution in [2.75, 3.05) is 31.1 Å². The number of carbonyl (C=O) groups is 2. The molecule has 1 unspecified atom stereocenters. The van der Waals surface area contributed by atoms with E-state index in [1.54, 1.807) is 21.9 Å². The SMILES string of the molecule is O=C(c1cnccn1)N1CCCC2(C1)CN(c1cccc(F)c1)C(=O)CO2. The summed E-state index contributed by atoms with van der Waals surface area (Å²) in [7, 11) is 0. The predicted molar refractivity (Wildman–Crippen MR) is 94.6 cm³/mol. The minimum atomic E-state index is -0.670. The summed E-state index contributed by atoms with van der Waals surface area (Å²) in [5.74, 6) is -0.826. The normalized spacial score (nSPS) is 22.9. The molecule has 7 nitrogen and oxygen atoms in total. The van der Waals surface area contributed by atoms with Crippen LogP contribution in [0, 0.1) is 5.82 Å². The monoisotopic (exact) mass is 370 g/mol. The molecule has 0 N–H and O–H groups in total. The summed E-state index contributed by atoms with van der Waals surface area (Å²) in [5, 5.41) is 0. The van der Waals surface area contributed by atoms with Crippen LogP contribution in [0.15, 0.2) is 42.9 Å². The lowest BCUT2D eigenvalue weighted by atomic mass is 9.90. The zero-order valence-electron chi connectivity index (χ0n) is 14.7. The van der Waals surface area contributed by atoms with Crippen molar-refractivity contribution < 1.29 is 18.7 Å². The number of halogens is 1. The topological polar surface area (TPSA) is 75.6 Å². The van der Waals surface area contributed by atoms with Crippen LogP contribution in [0.1, 0.15) is 23.3 Å². The summed E-state index contributed by atoms with van der Waals surface area (Å²) in [6.07, 6.45) is 5.90. The maximum Gasteiger partial charge on any atom is 0.274 e. The van der Waals surface area contributed by atoms with E-state index in [0.29, 0.717) is 18.8 Å². The quantitative estimate of drug-likeness (QED) is 0.804. The molecular weight excluding hydrogens is 351 g/mol. The molecule has 0 aliphatic carbocycles. The van der Waals surface area contributed by atoms with Crippen molar-refractivity contribution in [1.29, 1.82) is 0 Å². The maximum atomic E-state index is 13.6. The number of aromatic nitrogens is 2. The number of piperidine rings is 1. The Kier molecular flexibility index (Phi) is 4.57. The van der Waals surface area contributed by atoms with Gasteiger partial charge in [0.25, 0.3) is 11.8 Å². The molecule has 1 spiro atoms. The number of amides is 2. The van der Waals surface area contributed by atoms with Crippen LogP contribution in [0.4, 0.5) is 10.1 Å². The number of morpholine rings is 1. The molecule has 2 saturated heterocycles. The Morgan fingerprint density at radius 2 is 2.15 bits per heavy atom. The Labute approximate surface area is 155 Å². The van der Waals surface area contributed by atoms with Gasteiger partial charge in [0.05, 0.1) is 19.3 Å². The first-order valence-corrected chi connectivity index (χ1v) is 8.82. The van der Waals surface area contributed by atoms with Gasteiger partial charge in [0.15, 0.2) is 0 Å². The Balaban J connectivity index is 1.55. The van der Waals surface area contributed by atoms with Crippen molar-refractivity contribution in [1.82, 2.24) is 14.9 Å². The first-order chi connectivity index (χ1) is 13.1. The molecule has 4 rings (SSSR count). The van der Waals surface area contributed by atoms with Crippen LogP contribution >= 0.6 is 0 Å². The number of ether oxygens (including phenoxy) is 1. The molecule has 1 atom stereocenters. The highest BCUT2D eigenvalue weighted by Gasteiger charge is 2.44. The van der Waals surface area contributed by atoms with Crippen LogP contribution in [0.5, 0.6) is 0 Å². The molecule has 2 aromatic rings. The van der Waals surface area contributed by atoms with Gasteiger partial charge in [0, 0.05) is 24.6 Å². The second-order valence-corrected chi connectivity index (χ2v) is 6.85. The summed E-state index contributed by atoms with van der Waals surface area (Å²) in [6, 6.07) is 5.95. The molecule has 2 amide bonds. The summed E-state index contributed by atoms with van der Waals surface area (Å²) in [6.45, 7) is 1.12. The highest BCUT2D eigenvalue weighted by Crippen LogP contribution is 2.32. The molecule has 2 aliphatic heterocycles. The van der Waals surface area contributed by atoms with Crippen molar-refractivity contribution >= 4 is 17.5 Å². The van der Waals surface area contributed by atoms with Crippen molar-refractivity contribution in [3.63, 3.8) is 0 Å². The molecular formula is C19H19FN4O3. The Bertz CT molecular complexity index is 863. The van der Waals surface area contributed by atoms with Gasteiger partial charge in [-0.3, -0.25) is 14.6 Å². The van der Waals surface area contributed by atoms with E-state index >= 15 is 0 Å². The first-order valence-electron chi connectivity index (χ1n) is 8.82. The predicted octanol–water partition coefficient (Wildman–Crippen LogP) is 1.65. The average molecular weight is 370 g/mol. The smallest absolute Gasteiger partial charge is 0.274 e.